The van der Waals surface area contributed by atoms with Crippen molar-refractivity contribution in [2.75, 3.05) is 0 Å². The summed E-state index contributed by atoms with van der Waals surface area (Å²) in [4.78, 5) is 3.15. The Morgan fingerprint density at radius 1 is 0.562 bits per heavy atom. The Morgan fingerprint density at radius 2 is 0.750 bits per heavy atom. The Labute approximate surface area is 95.3 Å². The average Bonchev–Trinajstić information content (AvgIpc) is 2.58. The number of hydrogen-bond acceptors (Lipinski definition) is 4. The van der Waals surface area contributed by atoms with E-state index < -0.39 is 0 Å². The summed E-state index contributed by atoms with van der Waals surface area (Å²) in [5.41, 5.74) is 4.03. The molecule has 0 atom stereocenters. The summed E-state index contributed by atoms with van der Waals surface area (Å²) in [5.74, 6) is 0. The molecule has 0 aliphatic rings. The minimum Gasteiger partial charge on any atom is -0.188 e. The predicted octanol–water partition coefficient (Wildman–Crippen LogP) is 0.864. The summed E-state index contributed by atoms with van der Waals surface area (Å²) in [5, 5.41) is 16.1. The van der Waals surface area contributed by atoms with Gasteiger partial charge in [-0.05, 0) is 27.7 Å². The maximum Gasteiger partial charge on any atom is 0.0825 e. The first-order chi connectivity index (χ1) is 7.40. The van der Waals surface area contributed by atoms with E-state index in [1.807, 2.05) is 41.8 Å². The van der Waals surface area contributed by atoms with Crippen molar-refractivity contribution in [2.24, 2.45) is 14.1 Å². The Balaban J connectivity index is 0.000000160. The summed E-state index contributed by atoms with van der Waals surface area (Å²) in [6.45, 7) is 7.79. The van der Waals surface area contributed by atoms with Gasteiger partial charge in [-0.2, -0.15) is 30.0 Å². The zero-order chi connectivity index (χ0) is 12.3. The van der Waals surface area contributed by atoms with Gasteiger partial charge in [0.2, 0.25) is 0 Å². The molecule has 0 aliphatic heterocycles. The maximum atomic E-state index is 4.02. The molecule has 2 rings (SSSR count). The molecule has 16 heavy (non-hydrogen) atoms. The number of hydrogen-bond donors (Lipinski definition) is 0. The topological polar surface area (TPSA) is 61.4 Å². The minimum atomic E-state index is 1.01. The molecule has 0 radical (unpaired) electrons. The van der Waals surface area contributed by atoms with Crippen LogP contribution in [0.2, 0.25) is 0 Å². The van der Waals surface area contributed by atoms with Crippen molar-refractivity contribution in [1.29, 1.82) is 0 Å². The highest BCUT2D eigenvalue weighted by Gasteiger charge is 1.95. The van der Waals surface area contributed by atoms with Gasteiger partial charge in [0.05, 0.1) is 22.8 Å². The average molecular weight is 222 g/mol. The van der Waals surface area contributed by atoms with E-state index in [9.17, 15) is 0 Å². The lowest BCUT2D eigenvalue weighted by atomic mass is 10.4. The molecule has 88 valence electrons. The van der Waals surface area contributed by atoms with Crippen molar-refractivity contribution in [2.45, 2.75) is 27.7 Å². The molecule has 0 aliphatic carbocycles. The van der Waals surface area contributed by atoms with Crippen molar-refractivity contribution < 1.29 is 0 Å². The van der Waals surface area contributed by atoms with Gasteiger partial charge in [0.25, 0.3) is 0 Å². The first kappa shape index (κ1) is 12.4. The van der Waals surface area contributed by atoms with E-state index in [1.165, 1.54) is 0 Å². The largest absolute Gasteiger partial charge is 0.188 e. The number of nitrogens with zero attached hydrogens (tertiary/aromatic N) is 6. The van der Waals surface area contributed by atoms with Crippen LogP contribution >= 0.6 is 0 Å². The van der Waals surface area contributed by atoms with Crippen LogP contribution in [0.3, 0.4) is 0 Å². The van der Waals surface area contributed by atoms with Crippen LogP contribution in [0.5, 0.6) is 0 Å². The highest BCUT2D eigenvalue weighted by Crippen LogP contribution is 1.95. The van der Waals surface area contributed by atoms with Gasteiger partial charge in [-0.25, -0.2) is 0 Å². The Morgan fingerprint density at radius 3 is 0.812 bits per heavy atom. The maximum absolute atomic E-state index is 4.02. The molecule has 2 aromatic heterocycles. The Kier molecular flexibility index (Phi) is 3.76. The molecular formula is C10H18N6. The van der Waals surface area contributed by atoms with Gasteiger partial charge < -0.3 is 0 Å². The van der Waals surface area contributed by atoms with Crippen LogP contribution in [0.4, 0.5) is 0 Å². The highest BCUT2D eigenvalue weighted by molar-refractivity contribution is 5.02. The van der Waals surface area contributed by atoms with Gasteiger partial charge in [-0.15, -0.1) is 0 Å². The third-order valence-electron chi connectivity index (χ3n) is 2.23. The molecule has 0 N–H and O–H groups in total. The first-order valence-electron chi connectivity index (χ1n) is 5.09. The van der Waals surface area contributed by atoms with E-state index in [1.54, 1.807) is 9.59 Å². The van der Waals surface area contributed by atoms with E-state index in [2.05, 4.69) is 20.4 Å². The van der Waals surface area contributed by atoms with E-state index in [4.69, 9.17) is 0 Å². The minimum absolute atomic E-state index is 1.01. The summed E-state index contributed by atoms with van der Waals surface area (Å²) < 4.78 is 0. The normalized spacial score (nSPS) is 9.88. The molecule has 6 nitrogen and oxygen atoms in total. The Hall–Kier alpha value is -1.72. The number of rotatable bonds is 0. The second-order valence-electron chi connectivity index (χ2n) is 3.72. The smallest absolute Gasteiger partial charge is 0.0825 e. The van der Waals surface area contributed by atoms with E-state index in [-0.39, 0.29) is 0 Å². The van der Waals surface area contributed by atoms with Gasteiger partial charge in [-0.3, -0.25) is 0 Å². The van der Waals surface area contributed by atoms with Crippen LogP contribution in [0.1, 0.15) is 22.8 Å². The fraction of sp³-hybridized carbons (Fsp3) is 0.600. The molecule has 0 unspecified atom stereocenters. The molecule has 2 heterocycles. The summed E-state index contributed by atoms with van der Waals surface area (Å²) in [6.07, 6.45) is 0. The van der Waals surface area contributed by atoms with Crippen LogP contribution in [0.25, 0.3) is 0 Å². The molecular weight excluding hydrogens is 204 g/mol. The van der Waals surface area contributed by atoms with E-state index in [0.29, 0.717) is 0 Å². The fourth-order valence-corrected chi connectivity index (χ4v) is 1.20. The zero-order valence-corrected chi connectivity index (χ0v) is 10.7. The van der Waals surface area contributed by atoms with E-state index >= 15 is 0 Å². The van der Waals surface area contributed by atoms with Crippen molar-refractivity contribution in [3.63, 3.8) is 0 Å². The number of aryl methyl sites for hydroxylation is 6. The van der Waals surface area contributed by atoms with Gasteiger partial charge in [0.1, 0.15) is 0 Å². The second kappa shape index (κ2) is 4.87. The van der Waals surface area contributed by atoms with Crippen molar-refractivity contribution in [3.8, 4) is 0 Å². The fourth-order valence-electron chi connectivity index (χ4n) is 1.20. The molecule has 0 saturated carbocycles. The van der Waals surface area contributed by atoms with E-state index in [0.717, 1.165) is 22.8 Å². The van der Waals surface area contributed by atoms with Crippen molar-refractivity contribution in [3.05, 3.63) is 22.8 Å². The number of aromatic nitrogens is 6. The summed E-state index contributed by atoms with van der Waals surface area (Å²) >= 11 is 0. The molecule has 0 fully saturated rings. The lowest BCUT2D eigenvalue weighted by Gasteiger charge is -1.77. The molecule has 0 aromatic carbocycles. The quantitative estimate of drug-likeness (QED) is 0.663. The first-order valence-corrected chi connectivity index (χ1v) is 5.09. The Bertz CT molecular complexity index is 384. The van der Waals surface area contributed by atoms with Gasteiger partial charge in [-0.1, -0.05) is 0 Å². The molecule has 0 amide bonds. The third kappa shape index (κ3) is 3.15. The zero-order valence-electron chi connectivity index (χ0n) is 10.7. The predicted molar refractivity (Wildman–Crippen MR) is 61.0 cm³/mol. The van der Waals surface area contributed by atoms with Gasteiger partial charge >= 0.3 is 0 Å². The van der Waals surface area contributed by atoms with Gasteiger partial charge in [0.15, 0.2) is 0 Å². The summed E-state index contributed by atoms with van der Waals surface area (Å²) in [6, 6.07) is 0. The van der Waals surface area contributed by atoms with Crippen LogP contribution in [-0.4, -0.2) is 30.0 Å². The van der Waals surface area contributed by atoms with Crippen molar-refractivity contribution in [1.82, 2.24) is 30.0 Å². The van der Waals surface area contributed by atoms with Crippen molar-refractivity contribution >= 4 is 0 Å². The molecule has 0 spiro atoms. The second-order valence-corrected chi connectivity index (χ2v) is 3.72. The monoisotopic (exact) mass is 222 g/mol. The third-order valence-corrected chi connectivity index (χ3v) is 2.23. The lowest BCUT2D eigenvalue weighted by molar-refractivity contribution is 0.645. The van der Waals surface area contributed by atoms with Crippen LogP contribution < -0.4 is 0 Å². The van der Waals surface area contributed by atoms with Crippen LogP contribution in [0.15, 0.2) is 0 Å². The van der Waals surface area contributed by atoms with Crippen LogP contribution in [-0.2, 0) is 14.1 Å². The standard InChI is InChI=1S/2C5H9N3/c2*1-4-5(2)7-8(3)6-4/h2*1-3H3. The molecule has 0 saturated heterocycles. The lowest BCUT2D eigenvalue weighted by Crippen LogP contribution is -1.91. The molecule has 0 bridgehead atoms. The molecule has 6 heteroatoms. The molecule has 2 aromatic rings. The highest BCUT2D eigenvalue weighted by atomic mass is 15.5. The SMILES string of the molecule is Cc1nn(C)nc1C.Cc1nn(C)nc1C. The van der Waals surface area contributed by atoms with Gasteiger partial charge in [0, 0.05) is 14.1 Å². The summed E-state index contributed by atoms with van der Waals surface area (Å²) in [7, 11) is 3.64. The van der Waals surface area contributed by atoms with Crippen LogP contribution in [0, 0.1) is 27.7 Å².